The van der Waals surface area contributed by atoms with Crippen LogP contribution in [0.2, 0.25) is 0 Å². The van der Waals surface area contributed by atoms with E-state index < -0.39 is 0 Å². The zero-order valence-electron chi connectivity index (χ0n) is 11.1. The molecule has 0 saturated heterocycles. The summed E-state index contributed by atoms with van der Waals surface area (Å²) in [5, 5.41) is 8.37. The second kappa shape index (κ2) is 4.79. The molecule has 5 nitrogen and oxygen atoms in total. The molecule has 0 N–H and O–H groups in total. The molecule has 3 heterocycles. The predicted molar refractivity (Wildman–Crippen MR) is 79.4 cm³/mol. The van der Waals surface area contributed by atoms with E-state index in [9.17, 15) is 0 Å². The molecule has 0 atom stereocenters. The molecule has 0 aliphatic heterocycles. The number of fused-ring (bicyclic) bond motifs is 1. The summed E-state index contributed by atoms with van der Waals surface area (Å²) in [7, 11) is 0. The first-order chi connectivity index (χ1) is 10.4. The fraction of sp³-hybridized carbons (Fsp3) is 0. The van der Waals surface area contributed by atoms with Crippen LogP contribution < -0.4 is 0 Å². The van der Waals surface area contributed by atoms with Gasteiger partial charge in [0.2, 0.25) is 0 Å². The fourth-order valence-electron chi connectivity index (χ4n) is 2.25. The van der Waals surface area contributed by atoms with Gasteiger partial charge >= 0.3 is 0 Å². The maximum atomic E-state index is 4.56. The summed E-state index contributed by atoms with van der Waals surface area (Å²) in [4.78, 5) is 8.67. The minimum absolute atomic E-state index is 0.579. The summed E-state index contributed by atoms with van der Waals surface area (Å²) in [6.07, 6.45) is 5.44. The smallest absolute Gasteiger partial charge is 0.255 e. The molecule has 0 unspecified atom stereocenters. The minimum atomic E-state index is 0.579. The number of rotatable bonds is 2. The van der Waals surface area contributed by atoms with Crippen molar-refractivity contribution in [1.29, 1.82) is 0 Å². The fourth-order valence-corrected chi connectivity index (χ4v) is 2.25. The SMILES string of the molecule is c1ccc(-c2ccn3c(-c4cccnc4)nnc3n2)cc1. The molecular weight excluding hydrogens is 262 g/mol. The van der Waals surface area contributed by atoms with Crippen molar-refractivity contribution in [2.75, 3.05) is 0 Å². The quantitative estimate of drug-likeness (QED) is 0.563. The number of hydrogen-bond acceptors (Lipinski definition) is 4. The molecule has 21 heavy (non-hydrogen) atoms. The molecule has 0 aliphatic rings. The Morgan fingerprint density at radius 2 is 1.67 bits per heavy atom. The summed E-state index contributed by atoms with van der Waals surface area (Å²) in [5.41, 5.74) is 2.86. The topological polar surface area (TPSA) is 56.0 Å². The standard InChI is InChI=1S/C16H11N5/c1-2-5-12(6-3-1)14-8-10-21-15(19-20-16(21)18-14)13-7-4-9-17-11-13/h1-11H. The molecule has 4 aromatic rings. The maximum absolute atomic E-state index is 4.56. The molecule has 5 heteroatoms. The molecule has 0 bridgehead atoms. The Morgan fingerprint density at radius 1 is 0.810 bits per heavy atom. The molecule has 100 valence electrons. The zero-order chi connectivity index (χ0) is 14.1. The highest BCUT2D eigenvalue weighted by Gasteiger charge is 2.10. The van der Waals surface area contributed by atoms with Crippen molar-refractivity contribution in [3.63, 3.8) is 0 Å². The van der Waals surface area contributed by atoms with Crippen LogP contribution in [0.4, 0.5) is 0 Å². The van der Waals surface area contributed by atoms with Gasteiger partial charge in [0.05, 0.1) is 5.69 Å². The highest BCUT2D eigenvalue weighted by atomic mass is 15.3. The Hall–Kier alpha value is -3.08. The third kappa shape index (κ3) is 2.04. The van der Waals surface area contributed by atoms with Crippen LogP contribution in [-0.4, -0.2) is 24.6 Å². The van der Waals surface area contributed by atoms with Crippen LogP contribution in [0.1, 0.15) is 0 Å². The van der Waals surface area contributed by atoms with Crippen LogP contribution in [0.3, 0.4) is 0 Å². The molecule has 0 amide bonds. The summed E-state index contributed by atoms with van der Waals surface area (Å²) in [5.74, 6) is 1.32. The third-order valence-corrected chi connectivity index (χ3v) is 3.27. The van der Waals surface area contributed by atoms with Gasteiger partial charge in [0.1, 0.15) is 0 Å². The van der Waals surface area contributed by atoms with Gasteiger partial charge < -0.3 is 0 Å². The largest absolute Gasteiger partial charge is 0.266 e. The summed E-state index contributed by atoms with van der Waals surface area (Å²) in [6.45, 7) is 0. The molecule has 0 aliphatic carbocycles. The van der Waals surface area contributed by atoms with E-state index in [1.165, 1.54) is 0 Å². The number of benzene rings is 1. The summed E-state index contributed by atoms with van der Waals surface area (Å²) in [6, 6.07) is 15.8. The highest BCUT2D eigenvalue weighted by Crippen LogP contribution is 2.20. The lowest BCUT2D eigenvalue weighted by molar-refractivity contribution is 1.10. The van der Waals surface area contributed by atoms with Crippen molar-refractivity contribution in [2.45, 2.75) is 0 Å². The molecule has 3 aromatic heterocycles. The van der Waals surface area contributed by atoms with Gasteiger partial charge in [-0.25, -0.2) is 4.98 Å². The average molecular weight is 273 g/mol. The van der Waals surface area contributed by atoms with Crippen molar-refractivity contribution < 1.29 is 0 Å². The van der Waals surface area contributed by atoms with Gasteiger partial charge in [-0.1, -0.05) is 30.3 Å². The van der Waals surface area contributed by atoms with E-state index in [2.05, 4.69) is 20.2 Å². The van der Waals surface area contributed by atoms with Crippen molar-refractivity contribution in [3.05, 3.63) is 67.1 Å². The average Bonchev–Trinajstić information content (AvgIpc) is 2.99. The van der Waals surface area contributed by atoms with Gasteiger partial charge in [-0.3, -0.25) is 9.38 Å². The molecule has 0 spiro atoms. The first-order valence-corrected chi connectivity index (χ1v) is 6.59. The van der Waals surface area contributed by atoms with E-state index in [1.807, 2.05) is 59.1 Å². The van der Waals surface area contributed by atoms with Gasteiger partial charge in [-0.2, -0.15) is 0 Å². The van der Waals surface area contributed by atoms with Crippen molar-refractivity contribution in [2.24, 2.45) is 0 Å². The van der Waals surface area contributed by atoms with E-state index >= 15 is 0 Å². The second-order valence-electron chi connectivity index (χ2n) is 4.61. The molecule has 4 rings (SSSR count). The minimum Gasteiger partial charge on any atom is -0.266 e. The van der Waals surface area contributed by atoms with Crippen molar-refractivity contribution in [3.8, 4) is 22.6 Å². The first kappa shape index (κ1) is 11.7. The van der Waals surface area contributed by atoms with Crippen LogP contribution in [0.25, 0.3) is 28.4 Å². The van der Waals surface area contributed by atoms with Crippen LogP contribution in [-0.2, 0) is 0 Å². The highest BCUT2D eigenvalue weighted by molar-refractivity contribution is 5.62. The van der Waals surface area contributed by atoms with Gasteiger partial charge in [-0.15, -0.1) is 10.2 Å². The van der Waals surface area contributed by atoms with Gasteiger partial charge in [-0.05, 0) is 18.2 Å². The third-order valence-electron chi connectivity index (χ3n) is 3.27. The molecule has 0 saturated carbocycles. The summed E-state index contributed by atoms with van der Waals surface area (Å²) < 4.78 is 1.86. The lowest BCUT2D eigenvalue weighted by Gasteiger charge is -2.02. The van der Waals surface area contributed by atoms with Crippen molar-refractivity contribution >= 4 is 5.78 Å². The van der Waals surface area contributed by atoms with Gasteiger partial charge in [0.25, 0.3) is 5.78 Å². The van der Waals surface area contributed by atoms with Gasteiger partial charge in [0, 0.05) is 29.7 Å². The summed E-state index contributed by atoms with van der Waals surface area (Å²) >= 11 is 0. The number of aromatic nitrogens is 5. The Kier molecular flexibility index (Phi) is 2.67. The van der Waals surface area contributed by atoms with Crippen LogP contribution >= 0.6 is 0 Å². The van der Waals surface area contributed by atoms with Gasteiger partial charge in [0.15, 0.2) is 5.82 Å². The van der Waals surface area contributed by atoms with E-state index in [0.717, 1.165) is 22.6 Å². The molecular formula is C16H11N5. The van der Waals surface area contributed by atoms with Crippen LogP contribution in [0.15, 0.2) is 67.1 Å². The van der Waals surface area contributed by atoms with Crippen LogP contribution in [0, 0.1) is 0 Å². The number of nitrogens with zero attached hydrogens (tertiary/aromatic N) is 5. The van der Waals surface area contributed by atoms with E-state index in [4.69, 9.17) is 0 Å². The van der Waals surface area contributed by atoms with E-state index in [0.29, 0.717) is 5.78 Å². The Bertz CT molecular complexity index is 884. The number of pyridine rings is 1. The lowest BCUT2D eigenvalue weighted by atomic mass is 10.1. The molecule has 1 aromatic carbocycles. The second-order valence-corrected chi connectivity index (χ2v) is 4.61. The zero-order valence-corrected chi connectivity index (χ0v) is 11.1. The Balaban J connectivity index is 1.85. The lowest BCUT2D eigenvalue weighted by Crippen LogP contribution is -1.93. The van der Waals surface area contributed by atoms with Crippen molar-refractivity contribution in [1.82, 2.24) is 24.6 Å². The Labute approximate surface area is 121 Å². The molecule has 0 fully saturated rings. The number of hydrogen-bond donors (Lipinski definition) is 0. The van der Waals surface area contributed by atoms with Crippen LogP contribution in [0.5, 0.6) is 0 Å². The monoisotopic (exact) mass is 273 g/mol. The Morgan fingerprint density at radius 3 is 2.48 bits per heavy atom. The van der Waals surface area contributed by atoms with E-state index in [1.54, 1.807) is 12.4 Å². The van der Waals surface area contributed by atoms with E-state index in [-0.39, 0.29) is 0 Å². The normalized spacial score (nSPS) is 10.9. The maximum Gasteiger partial charge on any atom is 0.255 e. The first-order valence-electron chi connectivity index (χ1n) is 6.59. The molecule has 0 radical (unpaired) electrons. The predicted octanol–water partition coefficient (Wildman–Crippen LogP) is 2.85.